The van der Waals surface area contributed by atoms with Gasteiger partial charge in [-0.25, -0.2) is 0 Å². The highest BCUT2D eigenvalue weighted by molar-refractivity contribution is 6.35. The summed E-state index contributed by atoms with van der Waals surface area (Å²) < 4.78 is 0. The van der Waals surface area contributed by atoms with Gasteiger partial charge in [0.1, 0.15) is 0 Å². The minimum absolute atomic E-state index is 0.621. The van der Waals surface area contributed by atoms with E-state index >= 15 is 0 Å². The quantitative estimate of drug-likeness (QED) is 0.910. The summed E-state index contributed by atoms with van der Waals surface area (Å²) in [5.74, 6) is 0. The second-order valence-corrected chi connectivity index (χ2v) is 5.70. The van der Waals surface area contributed by atoms with E-state index in [0.717, 1.165) is 31.2 Å². The monoisotopic (exact) mass is 286 g/mol. The van der Waals surface area contributed by atoms with E-state index in [2.05, 4.69) is 17.1 Å². The van der Waals surface area contributed by atoms with Gasteiger partial charge in [0.2, 0.25) is 0 Å². The Labute approximate surface area is 119 Å². The lowest BCUT2D eigenvalue weighted by molar-refractivity contribution is 0.144. The molecule has 1 aromatic carbocycles. The number of hydrogen-bond donors (Lipinski definition) is 1. The molecule has 1 unspecified atom stereocenters. The van der Waals surface area contributed by atoms with E-state index in [1.807, 2.05) is 18.2 Å². The Morgan fingerprint density at radius 1 is 1.39 bits per heavy atom. The third kappa shape index (κ3) is 3.61. The smallest absolute Gasteiger partial charge is 0.0465 e. The van der Waals surface area contributed by atoms with E-state index < -0.39 is 0 Å². The van der Waals surface area contributed by atoms with Crippen LogP contribution in [0.25, 0.3) is 0 Å². The molecule has 1 atom stereocenters. The second kappa shape index (κ2) is 6.76. The van der Waals surface area contributed by atoms with Crippen LogP contribution in [0.1, 0.15) is 25.3 Å². The average Bonchev–Trinajstić information content (AvgIpc) is 2.35. The lowest BCUT2D eigenvalue weighted by atomic mass is 10.1. The number of halogens is 2. The number of piperazine rings is 1. The average molecular weight is 287 g/mol. The molecule has 0 amide bonds. The van der Waals surface area contributed by atoms with Crippen LogP contribution in [0.4, 0.5) is 0 Å². The normalized spacial score (nSPS) is 21.2. The zero-order valence-corrected chi connectivity index (χ0v) is 12.3. The molecule has 1 aliphatic heterocycles. The maximum absolute atomic E-state index is 6.25. The molecule has 1 heterocycles. The fourth-order valence-electron chi connectivity index (χ4n) is 2.50. The molecular weight excluding hydrogens is 267 g/mol. The third-order valence-electron chi connectivity index (χ3n) is 3.48. The number of nitrogens with zero attached hydrogens (tertiary/aromatic N) is 1. The van der Waals surface area contributed by atoms with Crippen LogP contribution in [0.2, 0.25) is 10.0 Å². The van der Waals surface area contributed by atoms with E-state index in [1.165, 1.54) is 18.4 Å². The van der Waals surface area contributed by atoms with Crippen LogP contribution >= 0.6 is 23.2 Å². The van der Waals surface area contributed by atoms with Gasteiger partial charge < -0.3 is 5.32 Å². The molecule has 4 heteroatoms. The molecule has 0 bridgehead atoms. The molecule has 2 rings (SSSR count). The Balaban J connectivity index is 2.06. The predicted molar refractivity (Wildman–Crippen MR) is 78.4 cm³/mol. The van der Waals surface area contributed by atoms with Crippen molar-refractivity contribution < 1.29 is 0 Å². The fourth-order valence-corrected chi connectivity index (χ4v) is 2.97. The van der Waals surface area contributed by atoms with Crippen molar-refractivity contribution in [3.8, 4) is 0 Å². The molecule has 18 heavy (non-hydrogen) atoms. The van der Waals surface area contributed by atoms with Gasteiger partial charge in [0.15, 0.2) is 0 Å². The summed E-state index contributed by atoms with van der Waals surface area (Å²) >= 11 is 12.2. The predicted octanol–water partition coefficient (Wildman–Crippen LogP) is 3.57. The minimum atomic E-state index is 0.621. The second-order valence-electron chi connectivity index (χ2n) is 4.85. The molecule has 1 N–H and O–H groups in total. The Morgan fingerprint density at radius 2 is 2.22 bits per heavy atom. The molecule has 0 radical (unpaired) electrons. The van der Waals surface area contributed by atoms with Crippen molar-refractivity contribution in [3.63, 3.8) is 0 Å². The maximum atomic E-state index is 6.25. The van der Waals surface area contributed by atoms with E-state index in [9.17, 15) is 0 Å². The number of nitrogens with one attached hydrogen (secondary N) is 1. The largest absolute Gasteiger partial charge is 0.314 e. The van der Waals surface area contributed by atoms with Crippen molar-refractivity contribution in [2.45, 2.75) is 32.4 Å². The van der Waals surface area contributed by atoms with Crippen LogP contribution in [0.5, 0.6) is 0 Å². The highest BCUT2D eigenvalue weighted by atomic mass is 35.5. The first-order chi connectivity index (χ1) is 8.70. The highest BCUT2D eigenvalue weighted by Crippen LogP contribution is 2.23. The summed E-state index contributed by atoms with van der Waals surface area (Å²) in [5.41, 5.74) is 1.17. The molecule has 1 aliphatic rings. The Bertz CT molecular complexity index is 393. The number of benzene rings is 1. The summed E-state index contributed by atoms with van der Waals surface area (Å²) in [6.07, 6.45) is 2.45. The molecule has 100 valence electrons. The lowest BCUT2D eigenvalue weighted by Gasteiger charge is -2.36. The molecule has 2 nitrogen and oxygen atoms in total. The van der Waals surface area contributed by atoms with Gasteiger partial charge in [-0.15, -0.1) is 0 Å². The first kappa shape index (κ1) is 14.1. The third-order valence-corrected chi connectivity index (χ3v) is 4.07. The van der Waals surface area contributed by atoms with Crippen LogP contribution in [-0.4, -0.2) is 30.6 Å². The Morgan fingerprint density at radius 3 is 2.94 bits per heavy atom. The first-order valence-electron chi connectivity index (χ1n) is 6.59. The van der Waals surface area contributed by atoms with Crippen molar-refractivity contribution in [1.29, 1.82) is 0 Å². The molecule has 0 saturated carbocycles. The molecule has 0 spiro atoms. The topological polar surface area (TPSA) is 15.3 Å². The van der Waals surface area contributed by atoms with Gasteiger partial charge in [0, 0.05) is 42.3 Å². The van der Waals surface area contributed by atoms with Crippen LogP contribution in [0.15, 0.2) is 18.2 Å². The first-order valence-corrected chi connectivity index (χ1v) is 7.35. The van der Waals surface area contributed by atoms with Crippen LogP contribution < -0.4 is 5.32 Å². The summed E-state index contributed by atoms with van der Waals surface area (Å²) in [5, 5.41) is 4.94. The summed E-state index contributed by atoms with van der Waals surface area (Å²) in [4.78, 5) is 2.52. The number of rotatable bonds is 4. The van der Waals surface area contributed by atoms with Crippen molar-refractivity contribution >= 4 is 23.2 Å². The SMILES string of the molecule is CCCC1CNCCN1Cc1ccc(Cl)cc1Cl. The van der Waals surface area contributed by atoms with Gasteiger partial charge in [-0.2, -0.15) is 0 Å². The van der Waals surface area contributed by atoms with Gasteiger partial charge in [-0.05, 0) is 24.1 Å². The van der Waals surface area contributed by atoms with Crippen molar-refractivity contribution in [3.05, 3.63) is 33.8 Å². The Kier molecular flexibility index (Phi) is 5.31. The van der Waals surface area contributed by atoms with Crippen LogP contribution in [0, 0.1) is 0 Å². The highest BCUT2D eigenvalue weighted by Gasteiger charge is 2.21. The molecule has 1 saturated heterocycles. The van der Waals surface area contributed by atoms with Gasteiger partial charge in [0.05, 0.1) is 0 Å². The van der Waals surface area contributed by atoms with E-state index in [0.29, 0.717) is 11.1 Å². The molecule has 1 fully saturated rings. The van der Waals surface area contributed by atoms with E-state index in [1.54, 1.807) is 0 Å². The van der Waals surface area contributed by atoms with E-state index in [-0.39, 0.29) is 0 Å². The molecule has 0 aromatic heterocycles. The van der Waals surface area contributed by atoms with Gasteiger partial charge >= 0.3 is 0 Å². The van der Waals surface area contributed by atoms with Crippen molar-refractivity contribution in [2.75, 3.05) is 19.6 Å². The van der Waals surface area contributed by atoms with Gasteiger partial charge in [-0.1, -0.05) is 42.6 Å². The lowest BCUT2D eigenvalue weighted by Crippen LogP contribution is -2.50. The number of hydrogen-bond acceptors (Lipinski definition) is 2. The molecule has 1 aromatic rings. The summed E-state index contributed by atoms with van der Waals surface area (Å²) in [6.45, 7) is 6.39. The zero-order valence-electron chi connectivity index (χ0n) is 10.8. The van der Waals surface area contributed by atoms with Crippen LogP contribution in [0.3, 0.4) is 0 Å². The zero-order chi connectivity index (χ0) is 13.0. The summed E-state index contributed by atoms with van der Waals surface area (Å²) in [6, 6.07) is 6.40. The van der Waals surface area contributed by atoms with Crippen molar-refractivity contribution in [2.24, 2.45) is 0 Å². The summed E-state index contributed by atoms with van der Waals surface area (Å²) in [7, 11) is 0. The van der Waals surface area contributed by atoms with Gasteiger partial charge in [0.25, 0.3) is 0 Å². The fraction of sp³-hybridized carbons (Fsp3) is 0.571. The van der Waals surface area contributed by atoms with E-state index in [4.69, 9.17) is 23.2 Å². The minimum Gasteiger partial charge on any atom is -0.314 e. The maximum Gasteiger partial charge on any atom is 0.0465 e. The van der Waals surface area contributed by atoms with Crippen LogP contribution in [-0.2, 0) is 6.54 Å². The molecule has 0 aliphatic carbocycles. The Hall–Kier alpha value is -0.280. The van der Waals surface area contributed by atoms with Gasteiger partial charge in [-0.3, -0.25) is 4.90 Å². The standard InChI is InChI=1S/C14H20Cl2N2/c1-2-3-13-9-17-6-7-18(13)10-11-4-5-12(15)8-14(11)16/h4-5,8,13,17H,2-3,6-7,9-10H2,1H3. The van der Waals surface area contributed by atoms with Crippen molar-refractivity contribution in [1.82, 2.24) is 10.2 Å². The molecular formula is C14H20Cl2N2.